The molecule has 0 unspecified atom stereocenters. The highest BCUT2D eigenvalue weighted by Gasteiger charge is 2.36. The Morgan fingerprint density at radius 3 is 2.38 bits per heavy atom. The molecule has 0 spiro atoms. The van der Waals surface area contributed by atoms with E-state index < -0.39 is 12.0 Å². The lowest BCUT2D eigenvalue weighted by Gasteiger charge is -2.14. The average Bonchev–Trinajstić information content (AvgIpc) is 2.90. The fourth-order valence-corrected chi connectivity index (χ4v) is 2.28. The number of halogens is 3. The van der Waals surface area contributed by atoms with Gasteiger partial charge in [-0.05, 0) is 17.7 Å². The second-order valence-electron chi connectivity index (χ2n) is 5.47. The van der Waals surface area contributed by atoms with Gasteiger partial charge >= 0.3 is 6.18 Å². The monoisotopic (exact) mass is 337 g/mol. The molecule has 0 aliphatic carbocycles. The molecular formula is C15H14F3N5O. The number of phenolic OH excluding ortho intramolecular Hbond substituents is 1. The van der Waals surface area contributed by atoms with E-state index in [0.29, 0.717) is 5.52 Å². The number of aromatic hydroxyl groups is 1. The molecule has 0 bridgehead atoms. The van der Waals surface area contributed by atoms with Crippen LogP contribution < -0.4 is 4.90 Å². The average molecular weight is 337 g/mol. The maximum Gasteiger partial charge on any atom is 0.451 e. The number of rotatable bonds is 3. The maximum absolute atomic E-state index is 13.1. The van der Waals surface area contributed by atoms with Crippen molar-refractivity contribution in [2.24, 2.45) is 0 Å². The molecular weight excluding hydrogens is 323 g/mol. The van der Waals surface area contributed by atoms with Gasteiger partial charge in [-0.2, -0.15) is 13.2 Å². The summed E-state index contributed by atoms with van der Waals surface area (Å²) in [6.45, 7) is 0.276. The first-order valence-electron chi connectivity index (χ1n) is 7.01. The minimum absolute atomic E-state index is 0.106. The number of aromatic nitrogens is 4. The van der Waals surface area contributed by atoms with E-state index in [0.717, 1.165) is 5.56 Å². The molecule has 6 nitrogen and oxygen atoms in total. The van der Waals surface area contributed by atoms with Crippen molar-refractivity contribution in [1.82, 2.24) is 19.5 Å². The molecule has 3 rings (SSSR count). The van der Waals surface area contributed by atoms with Crippen LogP contribution in [0.1, 0.15) is 11.4 Å². The van der Waals surface area contributed by atoms with Crippen LogP contribution in [0.5, 0.6) is 5.75 Å². The topological polar surface area (TPSA) is 67.1 Å². The summed E-state index contributed by atoms with van der Waals surface area (Å²) in [5, 5.41) is 9.31. The van der Waals surface area contributed by atoms with Crippen molar-refractivity contribution in [2.75, 3.05) is 19.0 Å². The largest absolute Gasteiger partial charge is 0.508 e. The summed E-state index contributed by atoms with van der Waals surface area (Å²) < 4.78 is 40.7. The number of fused-ring (bicyclic) bond motifs is 1. The third-order valence-corrected chi connectivity index (χ3v) is 3.41. The zero-order valence-corrected chi connectivity index (χ0v) is 12.9. The standard InChI is InChI=1S/C15H14F3N5O/c1-22(2)12-11-13(21-14(20-12)15(16,17)18)23(8-19-11)7-9-3-5-10(24)6-4-9/h3-6,8,24H,7H2,1-2H3. The van der Waals surface area contributed by atoms with E-state index in [2.05, 4.69) is 15.0 Å². The third-order valence-electron chi connectivity index (χ3n) is 3.41. The van der Waals surface area contributed by atoms with Crippen molar-refractivity contribution in [3.8, 4) is 5.75 Å². The third kappa shape index (κ3) is 2.97. The van der Waals surface area contributed by atoms with E-state index in [-0.39, 0.29) is 23.8 Å². The predicted octanol–water partition coefficient (Wildman–Crippen LogP) is 2.67. The first-order chi connectivity index (χ1) is 11.3. The van der Waals surface area contributed by atoms with Crippen molar-refractivity contribution < 1.29 is 18.3 Å². The van der Waals surface area contributed by atoms with Crippen LogP contribution in [0.25, 0.3) is 11.2 Å². The highest BCUT2D eigenvalue weighted by atomic mass is 19.4. The summed E-state index contributed by atoms with van der Waals surface area (Å²) in [5.74, 6) is -0.978. The molecule has 0 amide bonds. The number of nitrogens with zero attached hydrogens (tertiary/aromatic N) is 5. The van der Waals surface area contributed by atoms with Crippen LogP contribution in [-0.2, 0) is 12.7 Å². The van der Waals surface area contributed by atoms with Crippen LogP contribution in [0.3, 0.4) is 0 Å². The Morgan fingerprint density at radius 2 is 1.79 bits per heavy atom. The number of hydrogen-bond acceptors (Lipinski definition) is 5. The van der Waals surface area contributed by atoms with E-state index in [1.54, 1.807) is 26.2 Å². The minimum atomic E-state index is -4.65. The van der Waals surface area contributed by atoms with Gasteiger partial charge in [0.25, 0.3) is 0 Å². The van der Waals surface area contributed by atoms with Crippen molar-refractivity contribution in [3.05, 3.63) is 42.0 Å². The molecule has 24 heavy (non-hydrogen) atoms. The van der Waals surface area contributed by atoms with Gasteiger partial charge in [0, 0.05) is 14.1 Å². The van der Waals surface area contributed by atoms with Crippen molar-refractivity contribution >= 4 is 17.0 Å². The van der Waals surface area contributed by atoms with Crippen LogP contribution in [-0.4, -0.2) is 38.7 Å². The molecule has 3 aromatic rings. The summed E-state index contributed by atoms with van der Waals surface area (Å²) in [6.07, 6.45) is -3.22. The highest BCUT2D eigenvalue weighted by Crippen LogP contribution is 2.30. The highest BCUT2D eigenvalue weighted by molar-refractivity contribution is 5.83. The van der Waals surface area contributed by atoms with Crippen molar-refractivity contribution in [2.45, 2.75) is 12.7 Å². The van der Waals surface area contributed by atoms with E-state index in [4.69, 9.17) is 0 Å². The molecule has 0 saturated heterocycles. The van der Waals surface area contributed by atoms with Gasteiger partial charge in [0.1, 0.15) is 5.75 Å². The predicted molar refractivity (Wildman–Crippen MR) is 81.9 cm³/mol. The zero-order valence-electron chi connectivity index (χ0n) is 12.9. The Balaban J connectivity index is 2.12. The van der Waals surface area contributed by atoms with E-state index in [9.17, 15) is 18.3 Å². The lowest BCUT2D eigenvalue weighted by atomic mass is 10.2. The smallest absolute Gasteiger partial charge is 0.451 e. The summed E-state index contributed by atoms with van der Waals surface area (Å²) in [7, 11) is 3.20. The van der Waals surface area contributed by atoms with Crippen LogP contribution in [0.4, 0.5) is 19.0 Å². The summed E-state index contributed by atoms with van der Waals surface area (Å²) >= 11 is 0. The van der Waals surface area contributed by atoms with Gasteiger partial charge in [-0.25, -0.2) is 15.0 Å². The molecule has 0 aliphatic heterocycles. The molecule has 0 aliphatic rings. The minimum Gasteiger partial charge on any atom is -0.508 e. The second-order valence-corrected chi connectivity index (χ2v) is 5.47. The maximum atomic E-state index is 13.1. The Hall–Kier alpha value is -2.84. The lowest BCUT2D eigenvalue weighted by Crippen LogP contribution is -2.18. The molecule has 0 atom stereocenters. The lowest BCUT2D eigenvalue weighted by molar-refractivity contribution is -0.144. The van der Waals surface area contributed by atoms with Gasteiger partial charge in [0.15, 0.2) is 17.0 Å². The zero-order chi connectivity index (χ0) is 17.5. The first-order valence-corrected chi connectivity index (χ1v) is 7.01. The number of anilines is 1. The SMILES string of the molecule is CN(C)c1nc(C(F)(F)F)nc2c1ncn2Cc1ccc(O)cc1. The van der Waals surface area contributed by atoms with Crippen molar-refractivity contribution in [1.29, 1.82) is 0 Å². The number of benzene rings is 1. The van der Waals surface area contributed by atoms with Crippen molar-refractivity contribution in [3.63, 3.8) is 0 Å². The van der Waals surface area contributed by atoms with Crippen LogP contribution in [0.2, 0.25) is 0 Å². The fourth-order valence-electron chi connectivity index (χ4n) is 2.28. The molecule has 1 N–H and O–H groups in total. The number of alkyl halides is 3. The molecule has 1 aromatic carbocycles. The normalized spacial score (nSPS) is 11.9. The van der Waals surface area contributed by atoms with Crippen LogP contribution in [0.15, 0.2) is 30.6 Å². The van der Waals surface area contributed by atoms with Gasteiger partial charge < -0.3 is 14.6 Å². The van der Waals surface area contributed by atoms with E-state index >= 15 is 0 Å². The molecule has 0 saturated carbocycles. The second kappa shape index (κ2) is 5.66. The summed E-state index contributed by atoms with van der Waals surface area (Å²) in [4.78, 5) is 12.9. The molecule has 0 radical (unpaired) electrons. The van der Waals surface area contributed by atoms with Gasteiger partial charge in [-0.1, -0.05) is 12.1 Å². The molecule has 2 aromatic heterocycles. The van der Waals surface area contributed by atoms with Crippen LogP contribution in [0, 0.1) is 0 Å². The van der Waals surface area contributed by atoms with E-state index in [1.807, 2.05) is 0 Å². The number of imidazole rings is 1. The van der Waals surface area contributed by atoms with Gasteiger partial charge in [0.2, 0.25) is 5.82 Å². The van der Waals surface area contributed by atoms with Gasteiger partial charge in [0.05, 0.1) is 12.9 Å². The Bertz CT molecular complexity index is 871. The molecule has 9 heteroatoms. The fraction of sp³-hybridized carbons (Fsp3) is 0.267. The number of hydrogen-bond donors (Lipinski definition) is 1. The molecule has 0 fully saturated rings. The van der Waals surface area contributed by atoms with Crippen LogP contribution >= 0.6 is 0 Å². The van der Waals surface area contributed by atoms with Gasteiger partial charge in [-0.15, -0.1) is 0 Å². The molecule has 2 heterocycles. The Labute approximate surface area is 135 Å². The summed E-state index contributed by atoms with van der Waals surface area (Å²) in [5.41, 5.74) is 1.20. The quantitative estimate of drug-likeness (QED) is 0.796. The molecule has 126 valence electrons. The van der Waals surface area contributed by atoms with E-state index in [1.165, 1.54) is 27.9 Å². The van der Waals surface area contributed by atoms with Gasteiger partial charge in [-0.3, -0.25) is 0 Å². The Kier molecular flexibility index (Phi) is 3.78. The Morgan fingerprint density at radius 1 is 1.12 bits per heavy atom. The summed E-state index contributed by atoms with van der Waals surface area (Å²) in [6, 6.07) is 6.38. The first kappa shape index (κ1) is 16.0. The number of phenols is 1.